The van der Waals surface area contributed by atoms with Crippen LogP contribution < -0.4 is 11.5 Å². The van der Waals surface area contributed by atoms with Crippen LogP contribution in [0, 0.1) is 0 Å². The lowest BCUT2D eigenvalue weighted by Gasteiger charge is -2.24. The van der Waals surface area contributed by atoms with Gasteiger partial charge in [-0.1, -0.05) is 0 Å². The predicted octanol–water partition coefficient (Wildman–Crippen LogP) is 0.127. The molecule has 27 nitrogen and oxygen atoms in total. The highest BCUT2D eigenvalue weighted by Gasteiger charge is 2.45. The second-order valence-corrected chi connectivity index (χ2v) is 22.4. The number of nitrogens with two attached hydrogens (primary N) is 2. The first kappa shape index (κ1) is 42.1. The van der Waals surface area contributed by atoms with Crippen molar-refractivity contribution in [3.8, 4) is 0 Å². The van der Waals surface area contributed by atoms with Gasteiger partial charge in [-0.05, 0) is 0 Å². The summed E-state index contributed by atoms with van der Waals surface area (Å²) in [6, 6.07) is 0. The minimum atomic E-state index is -5.61. The Kier molecular flexibility index (Phi) is 12.0. The number of nitrogens with zero attached hydrogens (tertiary/aromatic N) is 8. The average Bonchev–Trinajstić information content (AvgIpc) is 3.82. The summed E-state index contributed by atoms with van der Waals surface area (Å²) < 4.78 is 95.6. The van der Waals surface area contributed by atoms with E-state index in [0.29, 0.717) is 0 Å². The number of hydrogen-bond donors (Lipinski definition) is 8. The number of aliphatic hydroxyl groups excluding tert-OH is 2. The zero-order chi connectivity index (χ0) is 40.1. The van der Waals surface area contributed by atoms with Gasteiger partial charge in [-0.2, -0.15) is 0 Å². The van der Waals surface area contributed by atoms with Gasteiger partial charge in [0.15, 0.2) is 34.7 Å². The number of aromatic nitrogens is 8. The molecular formula is C22H32BN10O17P5. The monoisotopic (exact) mass is 874 g/mol. The van der Waals surface area contributed by atoms with Gasteiger partial charge in [-0.3, -0.25) is 32.0 Å². The van der Waals surface area contributed by atoms with Crippen LogP contribution >= 0.6 is 37.9 Å². The Morgan fingerprint density at radius 1 is 0.673 bits per heavy atom. The van der Waals surface area contributed by atoms with E-state index in [1.807, 2.05) is 0 Å². The molecule has 4 aromatic rings. The molecule has 300 valence electrons. The number of fused-ring (bicyclic) bond motifs is 2. The fourth-order valence-corrected chi connectivity index (χ4v) is 15.2. The minimum absolute atomic E-state index is 0.0609. The Morgan fingerprint density at radius 2 is 1.05 bits per heavy atom. The molecule has 4 aromatic heterocycles. The highest BCUT2D eigenvalue weighted by atomic mass is 31.3. The summed E-state index contributed by atoms with van der Waals surface area (Å²) in [7, 11) is -21.9. The lowest BCUT2D eigenvalue weighted by Crippen LogP contribution is -2.26. The number of imidazole rings is 2. The molecule has 2 aliphatic rings. The van der Waals surface area contributed by atoms with Crippen molar-refractivity contribution in [3.05, 3.63) is 25.3 Å². The number of aliphatic hydroxyl groups is 2. The maximum absolute atomic E-state index is 12.7. The molecule has 7 unspecified atom stereocenters. The molecule has 0 bridgehead atoms. The number of ether oxygens (including phenoxy) is 2. The van der Waals surface area contributed by atoms with Crippen molar-refractivity contribution in [2.75, 3.05) is 36.5 Å². The topological polar surface area (TPSA) is 401 Å². The predicted molar refractivity (Wildman–Crippen MR) is 185 cm³/mol. The number of anilines is 2. The molecule has 55 heavy (non-hydrogen) atoms. The zero-order valence-electron chi connectivity index (χ0n) is 27.7. The highest BCUT2D eigenvalue weighted by molar-refractivity contribution is 7.89. The van der Waals surface area contributed by atoms with Crippen molar-refractivity contribution in [2.45, 2.75) is 49.7 Å². The van der Waals surface area contributed by atoms with E-state index in [9.17, 15) is 52.6 Å². The molecule has 2 radical (unpaired) electrons. The standard InChI is InChI=1S/C22H32BN10O17P5/c23-55(44,49-53(40,41)9-51(36,37)45-3-13-11(34)1-15(47-13)32-7-30-17-19(24)26-5-28-21(17)32)50-54(42,43)10-52(38,39)46-4-14-12(35)2-16(48-14)33-8-31-18-20(25)27-6-29-22(18)33/h5-8,11-16,34-35H,1-4,9-10H2,(H,36,37)(H,38,39)(H,40,41)(H,42,43)(H2,24,26,28)(H2,25,27,29)/t11-,12?,13?,14-,15-,16-,55?/m1/s1. The van der Waals surface area contributed by atoms with E-state index in [1.165, 1.54) is 34.4 Å². The molecule has 0 saturated carbocycles. The summed E-state index contributed by atoms with van der Waals surface area (Å²) in [5.41, 5.74) is 12.6. The molecule has 2 saturated heterocycles. The first-order valence-corrected chi connectivity index (χ1v) is 24.1. The van der Waals surface area contributed by atoms with Crippen LogP contribution in [0.25, 0.3) is 22.3 Å². The van der Waals surface area contributed by atoms with Gasteiger partial charge in [0.25, 0.3) is 7.47 Å². The molecule has 11 atom stereocenters. The van der Waals surface area contributed by atoms with Crippen LogP contribution in [0.2, 0.25) is 0 Å². The van der Waals surface area contributed by atoms with Gasteiger partial charge in [0.2, 0.25) is 7.57 Å². The van der Waals surface area contributed by atoms with Crippen LogP contribution in [-0.2, 0) is 50.0 Å². The molecule has 2 aliphatic heterocycles. The summed E-state index contributed by atoms with van der Waals surface area (Å²) in [5.74, 6) is -3.39. The number of hydrogen-bond acceptors (Lipinski definition) is 21. The van der Waals surface area contributed by atoms with Gasteiger partial charge < -0.3 is 59.8 Å². The number of rotatable bonds is 16. The van der Waals surface area contributed by atoms with Gasteiger partial charge in [0.05, 0.1) is 38.1 Å². The Labute approximate surface area is 309 Å². The van der Waals surface area contributed by atoms with Crippen LogP contribution in [0.4, 0.5) is 11.6 Å². The van der Waals surface area contributed by atoms with Crippen LogP contribution in [0.3, 0.4) is 0 Å². The Hall–Kier alpha value is -2.57. The summed E-state index contributed by atoms with van der Waals surface area (Å²) in [5, 5.41) is 20.9. The van der Waals surface area contributed by atoms with Crippen LogP contribution in [0.15, 0.2) is 25.3 Å². The van der Waals surface area contributed by atoms with Crippen molar-refractivity contribution in [3.63, 3.8) is 0 Å². The normalized spacial score (nSPS) is 28.7. The van der Waals surface area contributed by atoms with E-state index in [2.05, 4.69) is 38.5 Å². The fraction of sp³-hybridized carbons (Fsp3) is 0.545. The molecule has 6 rings (SSSR count). The van der Waals surface area contributed by atoms with Gasteiger partial charge in [-0.25, -0.2) is 38.5 Å². The van der Waals surface area contributed by atoms with Crippen molar-refractivity contribution in [1.82, 2.24) is 39.0 Å². The maximum atomic E-state index is 12.7. The van der Waals surface area contributed by atoms with Crippen molar-refractivity contribution >= 4 is 79.4 Å². The van der Waals surface area contributed by atoms with Crippen molar-refractivity contribution in [2.24, 2.45) is 0 Å². The van der Waals surface area contributed by atoms with E-state index in [0.717, 1.165) is 0 Å². The molecule has 33 heteroatoms. The molecule has 0 spiro atoms. The third-order valence-corrected chi connectivity index (χ3v) is 18.6. The van der Waals surface area contributed by atoms with Gasteiger partial charge in [0, 0.05) is 12.8 Å². The average molecular weight is 874 g/mol. The first-order chi connectivity index (χ1) is 25.5. The molecule has 0 aromatic carbocycles. The lowest BCUT2D eigenvalue weighted by atomic mass is 10.2. The van der Waals surface area contributed by atoms with Crippen LogP contribution in [0.5, 0.6) is 0 Å². The Bertz CT molecular complexity index is 2160. The smallest absolute Gasteiger partial charge is 0.346 e. The largest absolute Gasteiger partial charge is 0.390 e. The summed E-state index contributed by atoms with van der Waals surface area (Å²) >= 11 is 0. The van der Waals surface area contributed by atoms with Gasteiger partial charge in [-0.15, -0.1) is 0 Å². The van der Waals surface area contributed by atoms with E-state index in [-0.39, 0.29) is 46.8 Å². The molecule has 0 amide bonds. The van der Waals surface area contributed by atoms with E-state index >= 15 is 0 Å². The quantitative estimate of drug-likeness (QED) is 0.0547. The van der Waals surface area contributed by atoms with E-state index in [1.54, 1.807) is 0 Å². The van der Waals surface area contributed by atoms with Crippen molar-refractivity contribution in [1.29, 1.82) is 0 Å². The third kappa shape index (κ3) is 10.1. The second-order valence-electron chi connectivity index (χ2n) is 12.2. The molecule has 2 fully saturated rings. The highest BCUT2D eigenvalue weighted by Crippen LogP contribution is 2.72. The summed E-state index contributed by atoms with van der Waals surface area (Å²) in [4.78, 5) is 64.7. The summed E-state index contributed by atoms with van der Waals surface area (Å²) in [6.07, 6.45) is -1.94. The molecule has 0 aliphatic carbocycles. The first-order valence-electron chi connectivity index (χ1n) is 15.4. The zero-order valence-corrected chi connectivity index (χ0v) is 32.2. The maximum Gasteiger partial charge on any atom is 0.346 e. The second kappa shape index (κ2) is 15.6. The Morgan fingerprint density at radius 3 is 1.44 bits per heavy atom. The molecule has 6 heterocycles. The van der Waals surface area contributed by atoms with Crippen LogP contribution in [-0.4, -0.2) is 126 Å². The number of nitrogen functional groups attached to an aromatic ring is 2. The minimum Gasteiger partial charge on any atom is -0.390 e. The summed E-state index contributed by atoms with van der Waals surface area (Å²) in [6.45, 7) is -1.62. The van der Waals surface area contributed by atoms with Gasteiger partial charge in [0.1, 0.15) is 48.4 Å². The molecular weight excluding hydrogens is 842 g/mol. The lowest BCUT2D eigenvalue weighted by molar-refractivity contribution is -0.0395. The SMILES string of the molecule is [B]P(=O)(OP(=O)(O)CP(=O)(O)OCC1O[C@@H](n2cnc3c(N)ncnc32)C[C@H]1O)OP(=O)(O)CP(=O)(O)OC[C@H]1O[C@@H](n2cnc3c(N)ncnc32)CC1O. The Balaban J connectivity index is 0.980. The van der Waals surface area contributed by atoms with Crippen LogP contribution in [0.1, 0.15) is 25.3 Å². The van der Waals surface area contributed by atoms with E-state index in [4.69, 9.17) is 37.6 Å². The van der Waals surface area contributed by atoms with Crippen molar-refractivity contribution < 1.29 is 79.8 Å². The van der Waals surface area contributed by atoms with Gasteiger partial charge >= 0.3 is 30.4 Å². The van der Waals surface area contributed by atoms with E-state index < -0.39 is 99.7 Å². The fourth-order valence-electron chi connectivity index (χ4n) is 5.57. The third-order valence-electron chi connectivity index (χ3n) is 7.88. The molecule has 10 N–H and O–H groups in total.